The molecule has 0 spiro atoms. The molecule has 158 valence electrons. The van der Waals surface area contributed by atoms with E-state index in [0.717, 1.165) is 17.1 Å². The van der Waals surface area contributed by atoms with E-state index in [1.165, 1.54) is 18.2 Å². The fourth-order valence-electron chi connectivity index (χ4n) is 3.10. The third-order valence-electron chi connectivity index (χ3n) is 5.64. The van der Waals surface area contributed by atoms with E-state index >= 15 is 0 Å². The van der Waals surface area contributed by atoms with Crippen LogP contribution in [0.4, 0.5) is 4.39 Å². The van der Waals surface area contributed by atoms with Crippen LogP contribution in [0.1, 0.15) is 43.6 Å². The van der Waals surface area contributed by atoms with Gasteiger partial charge in [0.2, 0.25) is 0 Å². The molecule has 0 saturated carbocycles. The number of hydrogen-bond acceptors (Lipinski definition) is 4. The Balaban J connectivity index is 1.68. The summed E-state index contributed by atoms with van der Waals surface area (Å²) in [6, 6.07) is 11.2. The third-order valence-corrected chi connectivity index (χ3v) is 5.64. The smallest absolute Gasteiger partial charge is 0.480 e. The van der Waals surface area contributed by atoms with Gasteiger partial charge < -0.3 is 19.7 Å². The molecule has 0 bridgehead atoms. The SMILES string of the molecule is CC1(C)OB(c2ccc(C[C@H](NC(=O)c3cccc(F)c3)C(=O)O)cc2)OC1(C)C. The quantitative estimate of drug-likeness (QED) is 0.712. The Labute approximate surface area is 175 Å². The highest BCUT2D eigenvalue weighted by Crippen LogP contribution is 2.36. The number of nitrogens with one attached hydrogen (secondary N) is 1. The molecule has 8 heteroatoms. The van der Waals surface area contributed by atoms with E-state index in [1.807, 2.05) is 39.8 Å². The number of benzene rings is 2. The van der Waals surface area contributed by atoms with Crippen molar-refractivity contribution >= 4 is 24.5 Å². The molecule has 1 heterocycles. The molecule has 0 aromatic heterocycles. The van der Waals surface area contributed by atoms with E-state index in [1.54, 1.807) is 12.1 Å². The molecule has 6 nitrogen and oxygen atoms in total. The van der Waals surface area contributed by atoms with Crippen LogP contribution < -0.4 is 10.8 Å². The second-order valence-corrected chi connectivity index (χ2v) is 8.41. The summed E-state index contributed by atoms with van der Waals surface area (Å²) in [5.74, 6) is -2.38. The maximum Gasteiger partial charge on any atom is 0.494 e. The Hall–Kier alpha value is -2.71. The molecular formula is C22H25BFNO5. The first-order valence-corrected chi connectivity index (χ1v) is 9.72. The van der Waals surface area contributed by atoms with Gasteiger partial charge in [0.1, 0.15) is 11.9 Å². The summed E-state index contributed by atoms with van der Waals surface area (Å²) in [5, 5.41) is 11.9. The molecule has 2 aromatic rings. The maximum atomic E-state index is 13.3. The highest BCUT2D eigenvalue weighted by Gasteiger charge is 2.51. The monoisotopic (exact) mass is 413 g/mol. The van der Waals surface area contributed by atoms with Gasteiger partial charge in [0.25, 0.3) is 5.91 Å². The van der Waals surface area contributed by atoms with Gasteiger partial charge in [-0.2, -0.15) is 0 Å². The highest BCUT2D eigenvalue weighted by atomic mass is 19.1. The van der Waals surface area contributed by atoms with Crippen molar-refractivity contribution in [3.05, 3.63) is 65.5 Å². The summed E-state index contributed by atoms with van der Waals surface area (Å²) in [4.78, 5) is 23.9. The minimum atomic E-state index is -1.17. The Morgan fingerprint density at radius 1 is 1.07 bits per heavy atom. The Morgan fingerprint density at radius 3 is 2.20 bits per heavy atom. The van der Waals surface area contributed by atoms with Crippen molar-refractivity contribution in [2.45, 2.75) is 51.4 Å². The number of carbonyl (C=O) groups is 2. The second-order valence-electron chi connectivity index (χ2n) is 8.41. The van der Waals surface area contributed by atoms with Crippen LogP contribution in [0.2, 0.25) is 0 Å². The first kappa shape index (κ1) is 22.0. The number of rotatable bonds is 6. The van der Waals surface area contributed by atoms with Gasteiger partial charge >= 0.3 is 13.1 Å². The summed E-state index contributed by atoms with van der Waals surface area (Å²) in [6.45, 7) is 7.89. The molecule has 0 unspecified atom stereocenters. The number of carboxylic acid groups (broad SMARTS) is 1. The standard InChI is InChI=1S/C22H25BFNO5/c1-21(2)22(3,4)30-23(29-21)16-10-8-14(9-11-16)12-18(20(27)28)25-19(26)15-6-5-7-17(24)13-15/h5-11,13,18H,12H2,1-4H3,(H,25,26)(H,27,28)/t18-/m0/s1. The van der Waals surface area contributed by atoms with E-state index < -0.39 is 42.1 Å². The predicted octanol–water partition coefficient (Wildman–Crippen LogP) is 2.55. The van der Waals surface area contributed by atoms with Crippen molar-refractivity contribution < 1.29 is 28.4 Å². The van der Waals surface area contributed by atoms with Crippen molar-refractivity contribution in [1.29, 1.82) is 0 Å². The van der Waals surface area contributed by atoms with Crippen LogP contribution in [0.5, 0.6) is 0 Å². The van der Waals surface area contributed by atoms with Crippen molar-refractivity contribution in [3.8, 4) is 0 Å². The van der Waals surface area contributed by atoms with Gasteiger partial charge in [-0.15, -0.1) is 0 Å². The lowest BCUT2D eigenvalue weighted by atomic mass is 9.78. The van der Waals surface area contributed by atoms with Crippen LogP contribution in [-0.4, -0.2) is 41.3 Å². The van der Waals surface area contributed by atoms with E-state index in [4.69, 9.17) is 9.31 Å². The van der Waals surface area contributed by atoms with Crippen LogP contribution in [0.25, 0.3) is 0 Å². The van der Waals surface area contributed by atoms with Crippen molar-refractivity contribution in [2.75, 3.05) is 0 Å². The summed E-state index contributed by atoms with van der Waals surface area (Å²) < 4.78 is 25.3. The number of carbonyl (C=O) groups excluding carboxylic acids is 1. The number of aliphatic carboxylic acids is 1. The molecule has 2 N–H and O–H groups in total. The molecule has 30 heavy (non-hydrogen) atoms. The average molecular weight is 413 g/mol. The largest absolute Gasteiger partial charge is 0.494 e. The normalized spacial score (nSPS) is 18.1. The zero-order valence-corrected chi connectivity index (χ0v) is 17.4. The molecule has 0 aliphatic carbocycles. The van der Waals surface area contributed by atoms with Crippen molar-refractivity contribution in [1.82, 2.24) is 5.32 Å². The lowest BCUT2D eigenvalue weighted by Crippen LogP contribution is -2.42. The fraction of sp³-hybridized carbons (Fsp3) is 0.364. The Kier molecular flexibility index (Phi) is 6.01. The van der Waals surface area contributed by atoms with Crippen molar-refractivity contribution in [2.24, 2.45) is 0 Å². The molecule has 1 aliphatic heterocycles. The summed E-state index contributed by atoms with van der Waals surface area (Å²) in [5.41, 5.74) is 0.713. The molecule has 2 aromatic carbocycles. The summed E-state index contributed by atoms with van der Waals surface area (Å²) >= 11 is 0. The molecule has 1 aliphatic rings. The zero-order valence-electron chi connectivity index (χ0n) is 17.4. The van der Waals surface area contributed by atoms with Crippen LogP contribution in [0.15, 0.2) is 48.5 Å². The maximum absolute atomic E-state index is 13.3. The number of amides is 1. The first-order chi connectivity index (χ1) is 14.0. The van der Waals surface area contributed by atoms with E-state index in [0.29, 0.717) is 0 Å². The fourth-order valence-corrected chi connectivity index (χ4v) is 3.10. The molecule has 1 atom stereocenters. The number of halogens is 1. The van der Waals surface area contributed by atoms with Crippen LogP contribution in [0, 0.1) is 5.82 Å². The van der Waals surface area contributed by atoms with Gasteiger partial charge in [-0.3, -0.25) is 4.79 Å². The zero-order chi connectivity index (χ0) is 22.1. The first-order valence-electron chi connectivity index (χ1n) is 9.72. The van der Waals surface area contributed by atoms with Gasteiger partial charge in [-0.25, -0.2) is 9.18 Å². The second kappa shape index (κ2) is 8.20. The molecule has 3 rings (SSSR count). The molecule has 1 saturated heterocycles. The average Bonchev–Trinajstić information content (AvgIpc) is 2.89. The topological polar surface area (TPSA) is 84.9 Å². The number of hydrogen-bond donors (Lipinski definition) is 2. The summed E-state index contributed by atoms with van der Waals surface area (Å²) in [7, 11) is -0.507. The third kappa shape index (κ3) is 4.71. The Morgan fingerprint density at radius 2 is 1.67 bits per heavy atom. The lowest BCUT2D eigenvalue weighted by Gasteiger charge is -2.32. The Bertz CT molecular complexity index is 929. The van der Waals surface area contributed by atoms with E-state index in [9.17, 15) is 19.1 Å². The van der Waals surface area contributed by atoms with Crippen LogP contribution in [-0.2, 0) is 20.5 Å². The number of carboxylic acids is 1. The van der Waals surface area contributed by atoms with Gasteiger partial charge in [0, 0.05) is 12.0 Å². The van der Waals surface area contributed by atoms with E-state index in [2.05, 4.69) is 5.32 Å². The van der Waals surface area contributed by atoms with Gasteiger partial charge in [-0.1, -0.05) is 30.3 Å². The molecular weight excluding hydrogens is 388 g/mol. The van der Waals surface area contributed by atoms with E-state index in [-0.39, 0.29) is 12.0 Å². The minimum absolute atomic E-state index is 0.0670. The summed E-state index contributed by atoms with van der Waals surface area (Å²) in [6.07, 6.45) is 0.0834. The van der Waals surface area contributed by atoms with Gasteiger partial charge in [0.05, 0.1) is 11.2 Å². The lowest BCUT2D eigenvalue weighted by molar-refractivity contribution is -0.139. The van der Waals surface area contributed by atoms with Crippen LogP contribution in [0.3, 0.4) is 0 Å². The van der Waals surface area contributed by atoms with Gasteiger partial charge in [0.15, 0.2) is 0 Å². The minimum Gasteiger partial charge on any atom is -0.480 e. The highest BCUT2D eigenvalue weighted by molar-refractivity contribution is 6.62. The molecule has 1 amide bonds. The van der Waals surface area contributed by atoms with Crippen molar-refractivity contribution in [3.63, 3.8) is 0 Å². The molecule has 1 fully saturated rings. The van der Waals surface area contributed by atoms with Crippen LogP contribution >= 0.6 is 0 Å². The van der Waals surface area contributed by atoms with Gasteiger partial charge in [-0.05, 0) is 56.9 Å². The molecule has 0 radical (unpaired) electrons. The predicted molar refractivity (Wildman–Crippen MR) is 111 cm³/mol.